The van der Waals surface area contributed by atoms with Gasteiger partial charge in [0.1, 0.15) is 11.6 Å². The van der Waals surface area contributed by atoms with Crippen LogP contribution >= 0.6 is 0 Å². The average molecular weight is 373 g/mol. The van der Waals surface area contributed by atoms with Crippen LogP contribution in [-0.2, 0) is 0 Å². The molecule has 2 rings (SSSR count). The molecule has 0 aliphatic carbocycles. The van der Waals surface area contributed by atoms with Gasteiger partial charge in [-0.3, -0.25) is 0 Å². The fourth-order valence-corrected chi connectivity index (χ4v) is 4.53. The zero-order valence-corrected chi connectivity index (χ0v) is 17.9. The summed E-state index contributed by atoms with van der Waals surface area (Å²) in [5.74, 6) is 1.58. The molecule has 150 valence electrons. The molecular formula is C24H37FN2. The molecule has 2 heterocycles. The molecule has 2 aliphatic rings. The summed E-state index contributed by atoms with van der Waals surface area (Å²) in [5.41, 5.74) is 3.31. The second-order valence-electron chi connectivity index (χ2n) is 8.66. The summed E-state index contributed by atoms with van der Waals surface area (Å²) >= 11 is 0. The van der Waals surface area contributed by atoms with Gasteiger partial charge >= 0.3 is 0 Å². The minimum absolute atomic E-state index is 0.0140. The van der Waals surface area contributed by atoms with E-state index in [4.69, 9.17) is 0 Å². The van der Waals surface area contributed by atoms with Crippen molar-refractivity contribution in [1.29, 1.82) is 0 Å². The third-order valence-electron chi connectivity index (χ3n) is 6.00. The molecule has 0 amide bonds. The van der Waals surface area contributed by atoms with Crippen molar-refractivity contribution in [2.24, 2.45) is 11.3 Å². The van der Waals surface area contributed by atoms with Gasteiger partial charge in [-0.15, -0.1) is 0 Å². The van der Waals surface area contributed by atoms with Crippen molar-refractivity contribution in [3.05, 3.63) is 59.9 Å². The van der Waals surface area contributed by atoms with Gasteiger partial charge in [-0.2, -0.15) is 0 Å². The van der Waals surface area contributed by atoms with Crippen LogP contribution in [0.4, 0.5) is 4.39 Å². The first kappa shape index (κ1) is 21.5. The molecule has 0 aromatic rings. The topological polar surface area (TPSA) is 6.48 Å². The molecule has 0 aromatic carbocycles. The van der Waals surface area contributed by atoms with E-state index in [2.05, 4.69) is 50.7 Å². The van der Waals surface area contributed by atoms with Crippen molar-refractivity contribution in [2.75, 3.05) is 19.6 Å². The van der Waals surface area contributed by atoms with Crippen LogP contribution in [0.25, 0.3) is 0 Å². The maximum atomic E-state index is 13.9. The summed E-state index contributed by atoms with van der Waals surface area (Å²) in [7, 11) is 0. The lowest BCUT2D eigenvalue weighted by Crippen LogP contribution is -2.30. The number of hydrogen-bond acceptors (Lipinski definition) is 2. The molecule has 1 fully saturated rings. The molecule has 0 bridgehead atoms. The molecule has 2 nitrogen and oxygen atoms in total. The lowest BCUT2D eigenvalue weighted by Gasteiger charge is -2.37. The van der Waals surface area contributed by atoms with Crippen LogP contribution in [-0.4, -0.2) is 29.4 Å². The van der Waals surface area contributed by atoms with Crippen molar-refractivity contribution >= 4 is 0 Å². The highest BCUT2D eigenvalue weighted by Gasteiger charge is 2.38. The third-order valence-corrected chi connectivity index (χ3v) is 6.00. The Morgan fingerprint density at radius 2 is 1.96 bits per heavy atom. The SMILES string of the molecule is C=C(F)/C(=C\C=C/C)CCC(C)(C)C1=C2N(CCCC1C)CCN2C(=C)C. The van der Waals surface area contributed by atoms with Crippen molar-refractivity contribution in [3.8, 4) is 0 Å². The Morgan fingerprint density at radius 3 is 2.56 bits per heavy atom. The van der Waals surface area contributed by atoms with Gasteiger partial charge < -0.3 is 9.80 Å². The highest BCUT2D eigenvalue weighted by Crippen LogP contribution is 2.45. The van der Waals surface area contributed by atoms with E-state index in [1.165, 1.54) is 24.2 Å². The van der Waals surface area contributed by atoms with E-state index in [1.54, 1.807) is 0 Å². The molecule has 0 saturated carbocycles. The van der Waals surface area contributed by atoms with Gasteiger partial charge in [0.25, 0.3) is 0 Å². The second-order valence-corrected chi connectivity index (χ2v) is 8.66. The van der Waals surface area contributed by atoms with E-state index in [1.807, 2.05) is 25.2 Å². The quantitative estimate of drug-likeness (QED) is 0.466. The van der Waals surface area contributed by atoms with Crippen LogP contribution in [0.1, 0.15) is 60.3 Å². The summed E-state index contributed by atoms with van der Waals surface area (Å²) in [4.78, 5) is 4.93. The minimum Gasteiger partial charge on any atom is -0.356 e. The first-order chi connectivity index (χ1) is 12.7. The number of fused-ring (bicyclic) bond motifs is 1. The predicted octanol–water partition coefficient (Wildman–Crippen LogP) is 6.57. The molecule has 0 radical (unpaired) electrons. The highest BCUT2D eigenvalue weighted by atomic mass is 19.1. The van der Waals surface area contributed by atoms with Gasteiger partial charge in [0.05, 0.1) is 0 Å². The summed E-state index contributed by atoms with van der Waals surface area (Å²) in [6.07, 6.45) is 9.71. The first-order valence-corrected chi connectivity index (χ1v) is 10.3. The van der Waals surface area contributed by atoms with Crippen molar-refractivity contribution in [3.63, 3.8) is 0 Å². The maximum absolute atomic E-state index is 13.9. The standard InChI is InChI=1S/C24H37FN2/c1-8-9-12-21(20(5)25)13-14-24(6,7)22-19(4)11-10-15-26-16-17-27(18(2)3)23(22)26/h8-9,12,19H,2,5,10-11,13-17H2,1,3-4,6-7H3/b9-8-,21-12-. The average Bonchev–Trinajstić information content (AvgIpc) is 2.90. The highest BCUT2D eigenvalue weighted by molar-refractivity contribution is 5.30. The molecule has 3 heteroatoms. The van der Waals surface area contributed by atoms with E-state index < -0.39 is 0 Å². The van der Waals surface area contributed by atoms with Crippen molar-refractivity contribution in [1.82, 2.24) is 9.80 Å². The lowest BCUT2D eigenvalue weighted by atomic mass is 9.73. The first-order valence-electron chi connectivity index (χ1n) is 10.3. The number of nitrogens with zero attached hydrogens (tertiary/aromatic N) is 2. The summed E-state index contributed by atoms with van der Waals surface area (Å²) in [5, 5.41) is 0. The molecule has 1 unspecified atom stereocenters. The summed E-state index contributed by atoms with van der Waals surface area (Å²) < 4.78 is 13.9. The molecule has 0 N–H and O–H groups in total. The Bertz CT molecular complexity index is 666. The van der Waals surface area contributed by atoms with Crippen LogP contribution in [0.3, 0.4) is 0 Å². The molecule has 2 aliphatic heterocycles. The Kier molecular flexibility index (Phi) is 7.13. The third kappa shape index (κ3) is 4.94. The Hall–Kier alpha value is -1.77. The van der Waals surface area contributed by atoms with Gasteiger partial charge in [-0.05, 0) is 62.0 Å². The zero-order chi connectivity index (χ0) is 20.2. The normalized spacial score (nSPS) is 21.7. The van der Waals surface area contributed by atoms with Crippen LogP contribution in [0.5, 0.6) is 0 Å². The number of halogens is 1. The van der Waals surface area contributed by atoms with Crippen LogP contribution in [0.2, 0.25) is 0 Å². The zero-order valence-electron chi connectivity index (χ0n) is 17.9. The maximum Gasteiger partial charge on any atom is 0.119 e. The Morgan fingerprint density at radius 1 is 1.26 bits per heavy atom. The van der Waals surface area contributed by atoms with Gasteiger partial charge in [-0.25, -0.2) is 4.39 Å². The fraction of sp³-hybridized carbons (Fsp3) is 0.583. The van der Waals surface area contributed by atoms with Gasteiger partial charge in [0.15, 0.2) is 0 Å². The van der Waals surface area contributed by atoms with Crippen LogP contribution in [0, 0.1) is 11.3 Å². The molecule has 1 atom stereocenters. The molecule has 0 aromatic heterocycles. The summed E-state index contributed by atoms with van der Waals surface area (Å²) in [6, 6.07) is 0. The monoisotopic (exact) mass is 372 g/mol. The summed E-state index contributed by atoms with van der Waals surface area (Å²) in [6.45, 7) is 22.0. The predicted molar refractivity (Wildman–Crippen MR) is 115 cm³/mol. The fourth-order valence-electron chi connectivity index (χ4n) is 4.53. The number of hydrogen-bond donors (Lipinski definition) is 0. The number of rotatable bonds is 7. The van der Waals surface area contributed by atoms with E-state index in [0.29, 0.717) is 17.9 Å². The Balaban J connectivity index is 2.38. The molecule has 1 saturated heterocycles. The van der Waals surface area contributed by atoms with Crippen LogP contribution in [0.15, 0.2) is 59.9 Å². The van der Waals surface area contributed by atoms with E-state index >= 15 is 0 Å². The van der Waals surface area contributed by atoms with Gasteiger partial charge in [0.2, 0.25) is 0 Å². The largest absolute Gasteiger partial charge is 0.356 e. The van der Waals surface area contributed by atoms with Gasteiger partial charge in [0, 0.05) is 25.3 Å². The Labute approximate surface area is 165 Å². The molecule has 0 spiro atoms. The van der Waals surface area contributed by atoms with Gasteiger partial charge in [-0.1, -0.05) is 52.2 Å². The van der Waals surface area contributed by atoms with E-state index in [-0.39, 0.29) is 11.2 Å². The second kappa shape index (κ2) is 8.95. The molecule has 27 heavy (non-hydrogen) atoms. The minimum atomic E-state index is -0.318. The smallest absolute Gasteiger partial charge is 0.119 e. The van der Waals surface area contributed by atoms with Crippen molar-refractivity contribution in [2.45, 2.75) is 60.3 Å². The van der Waals surface area contributed by atoms with Crippen LogP contribution < -0.4 is 0 Å². The van der Waals surface area contributed by atoms with E-state index in [9.17, 15) is 4.39 Å². The van der Waals surface area contributed by atoms with E-state index in [0.717, 1.165) is 31.8 Å². The lowest BCUT2D eigenvalue weighted by molar-refractivity contribution is 0.319. The number of allylic oxidation sites excluding steroid dienone is 7. The molecular weight excluding hydrogens is 335 g/mol. The van der Waals surface area contributed by atoms with Crippen molar-refractivity contribution < 1.29 is 4.39 Å².